The van der Waals surface area contributed by atoms with Crippen molar-refractivity contribution in [3.8, 4) is 11.5 Å². The minimum Gasteiger partial charge on any atom is -0.506 e. The fraction of sp³-hybridized carbons (Fsp3) is 0.361. The number of phenolic OH excluding ortho intramolecular Hbond substituents is 1. The van der Waals surface area contributed by atoms with Crippen molar-refractivity contribution in [2.45, 2.75) is 50.5 Å². The number of benzene rings is 3. The van der Waals surface area contributed by atoms with Crippen molar-refractivity contribution < 1.29 is 29.6 Å². The maximum atomic E-state index is 13.3. The van der Waals surface area contributed by atoms with Gasteiger partial charge >= 0.3 is 5.97 Å². The number of pyridine rings is 1. The molecule has 46 heavy (non-hydrogen) atoms. The fourth-order valence-electron chi connectivity index (χ4n) is 6.21. The molecule has 0 bridgehead atoms. The number of carboxylic acids is 1. The quantitative estimate of drug-likeness (QED) is 0.134. The monoisotopic (exact) mass is 627 g/mol. The molecule has 0 spiro atoms. The second-order valence-electron chi connectivity index (χ2n) is 11.9. The van der Waals surface area contributed by atoms with Gasteiger partial charge in [0, 0.05) is 36.7 Å². The molecule has 242 valence electrons. The molecule has 10 nitrogen and oxygen atoms in total. The number of carboxylic acid groups (broad SMARTS) is 1. The molecule has 1 amide bonds. The third kappa shape index (κ3) is 7.24. The molecule has 1 aliphatic rings. The number of nitrogens with zero attached hydrogens (tertiary/aromatic N) is 1. The molecule has 5 N–H and O–H groups in total. The number of amides is 1. The molecule has 0 unspecified atom stereocenters. The third-order valence-electron chi connectivity index (χ3n) is 8.92. The van der Waals surface area contributed by atoms with E-state index < -0.39 is 17.5 Å². The van der Waals surface area contributed by atoms with E-state index in [0.29, 0.717) is 61.1 Å². The number of rotatable bonds is 13. The van der Waals surface area contributed by atoms with Crippen molar-refractivity contribution in [2.24, 2.45) is 0 Å². The van der Waals surface area contributed by atoms with Gasteiger partial charge in [0.15, 0.2) is 0 Å². The van der Waals surface area contributed by atoms with E-state index in [9.17, 15) is 29.7 Å². The van der Waals surface area contributed by atoms with Crippen LogP contribution in [0.2, 0.25) is 0 Å². The van der Waals surface area contributed by atoms with Crippen LogP contribution in [0.15, 0.2) is 77.6 Å². The number of nitrogens with one attached hydrogen (secondary N) is 2. The summed E-state index contributed by atoms with van der Waals surface area (Å²) in [4.78, 5) is 41.5. The summed E-state index contributed by atoms with van der Waals surface area (Å²) >= 11 is 0. The lowest BCUT2D eigenvalue weighted by molar-refractivity contribution is -0.145. The van der Waals surface area contributed by atoms with Gasteiger partial charge in [0.25, 0.3) is 5.91 Å². The van der Waals surface area contributed by atoms with Crippen molar-refractivity contribution in [1.82, 2.24) is 15.2 Å². The fourth-order valence-corrected chi connectivity index (χ4v) is 6.21. The lowest BCUT2D eigenvalue weighted by Gasteiger charge is -2.39. The summed E-state index contributed by atoms with van der Waals surface area (Å²) in [6.45, 7) is 4.26. The zero-order chi connectivity index (χ0) is 32.7. The standard InChI is InChI=1S/C36H41N3O7/c1-24-22-25(34(43)39-19-16-36(17-20-39,35(44)45)26-8-4-2-5-9-26)10-14-31(24)46-21-7-3-6-18-37-23-30(41)27-11-13-29(40)33-28(27)12-15-32(42)38-33/h2,4-5,8-15,22,30,37,40-41H,3,6-7,16-21,23H2,1H3,(H,38,42)(H,44,45)/t30-/m0/s1. The van der Waals surface area contributed by atoms with Crippen LogP contribution in [-0.2, 0) is 10.2 Å². The predicted molar refractivity (Wildman–Crippen MR) is 175 cm³/mol. The number of carbonyl (C=O) groups is 2. The SMILES string of the molecule is Cc1cc(C(=O)N2CCC(C(=O)O)(c3ccccc3)CC2)ccc1OCCCCCNC[C@H](O)c1ccc(O)c2[nH]c(=O)ccc12. The summed E-state index contributed by atoms with van der Waals surface area (Å²) in [6, 6.07) is 20.8. The number of aliphatic hydroxyl groups excluding tert-OH is 1. The van der Waals surface area contributed by atoms with E-state index in [-0.39, 0.29) is 17.2 Å². The number of aliphatic hydroxyl groups is 1. The van der Waals surface area contributed by atoms with Crippen molar-refractivity contribution in [1.29, 1.82) is 0 Å². The highest BCUT2D eigenvalue weighted by Crippen LogP contribution is 2.36. The van der Waals surface area contributed by atoms with E-state index in [4.69, 9.17) is 4.74 Å². The summed E-state index contributed by atoms with van der Waals surface area (Å²) in [5, 5.41) is 34.6. The number of carbonyl (C=O) groups excluding carboxylic acids is 1. The van der Waals surface area contributed by atoms with Crippen LogP contribution in [-0.4, -0.2) is 69.9 Å². The number of likely N-dealkylation sites (tertiary alicyclic amines) is 1. The Morgan fingerprint density at radius 1 is 1.00 bits per heavy atom. The Balaban J connectivity index is 1.02. The van der Waals surface area contributed by atoms with Crippen LogP contribution < -0.4 is 15.6 Å². The van der Waals surface area contributed by atoms with Gasteiger partial charge in [-0.2, -0.15) is 0 Å². The Morgan fingerprint density at radius 2 is 1.76 bits per heavy atom. The maximum Gasteiger partial charge on any atom is 0.314 e. The lowest BCUT2D eigenvalue weighted by Crippen LogP contribution is -2.49. The van der Waals surface area contributed by atoms with Gasteiger partial charge < -0.3 is 35.3 Å². The Labute approximate surface area is 267 Å². The van der Waals surface area contributed by atoms with Gasteiger partial charge in [-0.1, -0.05) is 36.4 Å². The number of aromatic nitrogens is 1. The van der Waals surface area contributed by atoms with Gasteiger partial charge in [-0.15, -0.1) is 0 Å². The molecule has 1 atom stereocenters. The highest BCUT2D eigenvalue weighted by molar-refractivity contribution is 5.95. The first kappa shape index (κ1) is 32.7. The number of aromatic amines is 1. The van der Waals surface area contributed by atoms with E-state index in [1.165, 1.54) is 12.1 Å². The molecule has 5 rings (SSSR count). The Bertz CT molecular complexity index is 1730. The summed E-state index contributed by atoms with van der Waals surface area (Å²) in [5.41, 5.74) is 1.87. The molecule has 2 heterocycles. The Morgan fingerprint density at radius 3 is 2.48 bits per heavy atom. The number of hydrogen-bond donors (Lipinski definition) is 5. The van der Waals surface area contributed by atoms with Crippen molar-refractivity contribution in [3.05, 3.63) is 105 Å². The van der Waals surface area contributed by atoms with E-state index >= 15 is 0 Å². The summed E-state index contributed by atoms with van der Waals surface area (Å²) in [7, 11) is 0. The molecule has 0 radical (unpaired) electrons. The van der Waals surface area contributed by atoms with Crippen LogP contribution in [0.4, 0.5) is 0 Å². The minimum atomic E-state index is -0.977. The molecule has 1 aliphatic heterocycles. The zero-order valence-electron chi connectivity index (χ0n) is 26.0. The van der Waals surface area contributed by atoms with Crippen molar-refractivity contribution in [3.63, 3.8) is 0 Å². The number of phenols is 1. The van der Waals surface area contributed by atoms with E-state index in [1.54, 1.807) is 23.1 Å². The van der Waals surface area contributed by atoms with Crippen LogP contribution in [0.5, 0.6) is 11.5 Å². The second-order valence-corrected chi connectivity index (χ2v) is 11.9. The van der Waals surface area contributed by atoms with E-state index in [0.717, 1.165) is 42.7 Å². The summed E-state index contributed by atoms with van der Waals surface area (Å²) < 4.78 is 5.98. The molecular weight excluding hydrogens is 586 g/mol. The van der Waals surface area contributed by atoms with Crippen LogP contribution in [0.25, 0.3) is 10.9 Å². The van der Waals surface area contributed by atoms with Crippen LogP contribution >= 0.6 is 0 Å². The first-order valence-corrected chi connectivity index (χ1v) is 15.7. The molecule has 0 saturated carbocycles. The zero-order valence-corrected chi connectivity index (χ0v) is 26.0. The molecule has 1 aromatic heterocycles. The average Bonchev–Trinajstić information content (AvgIpc) is 3.06. The summed E-state index contributed by atoms with van der Waals surface area (Å²) in [6.07, 6.45) is 2.62. The first-order chi connectivity index (χ1) is 22.2. The van der Waals surface area contributed by atoms with E-state index in [2.05, 4.69) is 10.3 Å². The van der Waals surface area contributed by atoms with Crippen LogP contribution in [0.3, 0.4) is 0 Å². The smallest absolute Gasteiger partial charge is 0.314 e. The molecule has 1 fully saturated rings. The molecule has 0 aliphatic carbocycles. The van der Waals surface area contributed by atoms with Gasteiger partial charge in [0.2, 0.25) is 5.56 Å². The molecule has 4 aromatic rings. The highest BCUT2D eigenvalue weighted by Gasteiger charge is 2.44. The van der Waals surface area contributed by atoms with Crippen molar-refractivity contribution in [2.75, 3.05) is 32.8 Å². The van der Waals surface area contributed by atoms with Gasteiger partial charge in [0.1, 0.15) is 11.5 Å². The van der Waals surface area contributed by atoms with Crippen molar-refractivity contribution >= 4 is 22.8 Å². The number of aryl methyl sites for hydroxylation is 1. The maximum absolute atomic E-state index is 13.3. The van der Waals surface area contributed by atoms with Gasteiger partial charge in [-0.3, -0.25) is 14.4 Å². The summed E-state index contributed by atoms with van der Waals surface area (Å²) in [5.74, 6) is -0.260. The number of ether oxygens (including phenoxy) is 1. The van der Waals surface area contributed by atoms with Gasteiger partial charge in [-0.05, 0) is 92.6 Å². The average molecular weight is 628 g/mol. The topological polar surface area (TPSA) is 152 Å². The Hall–Kier alpha value is -4.67. The largest absolute Gasteiger partial charge is 0.506 e. The molecular formula is C36H41N3O7. The number of fused-ring (bicyclic) bond motifs is 1. The first-order valence-electron chi connectivity index (χ1n) is 15.7. The number of aromatic hydroxyl groups is 1. The van der Waals surface area contributed by atoms with Gasteiger partial charge in [-0.25, -0.2) is 0 Å². The normalized spacial score (nSPS) is 15.0. The lowest BCUT2D eigenvalue weighted by atomic mass is 9.72. The minimum absolute atomic E-state index is 0.0367. The van der Waals surface area contributed by atoms with Gasteiger partial charge in [0.05, 0.1) is 23.6 Å². The number of piperidine rings is 1. The van der Waals surface area contributed by atoms with E-state index in [1.807, 2.05) is 49.4 Å². The number of unbranched alkanes of at least 4 members (excludes halogenated alkanes) is 2. The molecule has 10 heteroatoms. The Kier molecular flexibility index (Phi) is 10.4. The second kappa shape index (κ2) is 14.6. The number of H-pyrrole nitrogens is 1. The number of hydrogen-bond acceptors (Lipinski definition) is 7. The molecule has 1 saturated heterocycles. The third-order valence-corrected chi connectivity index (χ3v) is 8.92. The highest BCUT2D eigenvalue weighted by atomic mass is 16.5. The molecule has 3 aromatic carbocycles. The van der Waals surface area contributed by atoms with Crippen LogP contribution in [0.1, 0.15) is 65.3 Å². The predicted octanol–water partition coefficient (Wildman–Crippen LogP) is 4.67. The van der Waals surface area contributed by atoms with Crippen LogP contribution in [0, 0.1) is 6.92 Å². The number of aliphatic carboxylic acids is 1.